The molecular weight excluding hydrogens is 206 g/mol. The summed E-state index contributed by atoms with van der Waals surface area (Å²) in [5, 5.41) is 0. The maximum Gasteiger partial charge on any atom is -0.00773 e. The normalized spacial score (nSPS) is 7.41. The second-order valence-electron chi connectivity index (χ2n) is 3.26. The molecule has 17 heavy (non-hydrogen) atoms. The minimum absolute atomic E-state index is 0.870. The molecule has 104 valence electrons. The third-order valence-corrected chi connectivity index (χ3v) is 2.06. The van der Waals surface area contributed by atoms with E-state index in [1.807, 2.05) is 0 Å². The monoisotopic (exact) mass is 241 g/mol. The van der Waals surface area contributed by atoms with Crippen molar-refractivity contribution < 1.29 is 0 Å². The number of hydrogen-bond acceptors (Lipinski definition) is 1. The van der Waals surface area contributed by atoms with E-state index in [0.717, 1.165) is 6.54 Å². The van der Waals surface area contributed by atoms with Crippen LogP contribution in [0.3, 0.4) is 0 Å². The minimum atomic E-state index is 0.870. The summed E-state index contributed by atoms with van der Waals surface area (Å²) in [5.41, 5.74) is 5.39. The lowest BCUT2D eigenvalue weighted by Crippen LogP contribution is -1.97. The standard InChI is InChI=1S/C10H23N.3C2H4/c1-2-3-4-5-6-7-8-9-10-11;3*1-2/h2-11H2,1H3;3*1-2H2. The van der Waals surface area contributed by atoms with Crippen LogP contribution in [0.1, 0.15) is 58.3 Å². The van der Waals surface area contributed by atoms with Gasteiger partial charge in [0.2, 0.25) is 0 Å². The highest BCUT2D eigenvalue weighted by Crippen LogP contribution is 2.07. The zero-order chi connectivity index (χ0) is 14.4. The molecule has 0 rings (SSSR count). The number of nitrogens with two attached hydrogens (primary N) is 1. The van der Waals surface area contributed by atoms with E-state index >= 15 is 0 Å². The Labute approximate surface area is 111 Å². The van der Waals surface area contributed by atoms with Crippen molar-refractivity contribution in [1.29, 1.82) is 0 Å². The summed E-state index contributed by atoms with van der Waals surface area (Å²) in [7, 11) is 0. The maximum absolute atomic E-state index is 5.39. The summed E-state index contributed by atoms with van der Waals surface area (Å²) < 4.78 is 0. The van der Waals surface area contributed by atoms with Gasteiger partial charge in [0.05, 0.1) is 0 Å². The van der Waals surface area contributed by atoms with Gasteiger partial charge in [0, 0.05) is 0 Å². The van der Waals surface area contributed by atoms with Gasteiger partial charge in [-0.1, -0.05) is 51.9 Å². The van der Waals surface area contributed by atoms with Crippen LogP contribution < -0.4 is 5.73 Å². The summed E-state index contributed by atoms with van der Waals surface area (Å²) in [6.07, 6.45) is 11.0. The minimum Gasteiger partial charge on any atom is -0.330 e. The Balaban J connectivity index is -0.000000121. The van der Waals surface area contributed by atoms with Gasteiger partial charge >= 0.3 is 0 Å². The van der Waals surface area contributed by atoms with E-state index in [1.54, 1.807) is 0 Å². The molecule has 0 aliphatic heterocycles. The zero-order valence-corrected chi connectivity index (χ0v) is 12.2. The largest absolute Gasteiger partial charge is 0.330 e. The number of rotatable bonds is 8. The molecule has 1 heteroatoms. The van der Waals surface area contributed by atoms with E-state index in [1.165, 1.54) is 51.4 Å². The molecule has 0 heterocycles. The van der Waals surface area contributed by atoms with Crippen LogP contribution in [0, 0.1) is 0 Å². The summed E-state index contributed by atoms with van der Waals surface area (Å²) in [5.74, 6) is 0. The molecule has 0 bridgehead atoms. The van der Waals surface area contributed by atoms with Crippen molar-refractivity contribution in [2.75, 3.05) is 6.54 Å². The molecular formula is C16H35N. The molecule has 0 radical (unpaired) electrons. The fraction of sp³-hybridized carbons (Fsp3) is 0.625. The first-order valence-corrected chi connectivity index (χ1v) is 6.62. The molecule has 0 saturated carbocycles. The van der Waals surface area contributed by atoms with Crippen LogP contribution in [0.5, 0.6) is 0 Å². The van der Waals surface area contributed by atoms with Crippen LogP contribution in [-0.4, -0.2) is 6.54 Å². The molecule has 0 unspecified atom stereocenters. The van der Waals surface area contributed by atoms with Crippen LogP contribution in [-0.2, 0) is 0 Å². The molecule has 0 atom stereocenters. The maximum atomic E-state index is 5.39. The van der Waals surface area contributed by atoms with E-state index < -0.39 is 0 Å². The molecule has 0 saturated heterocycles. The summed E-state index contributed by atoms with van der Waals surface area (Å²) in [6, 6.07) is 0. The van der Waals surface area contributed by atoms with Crippen molar-refractivity contribution in [2.45, 2.75) is 58.3 Å². The third kappa shape index (κ3) is 51.2. The van der Waals surface area contributed by atoms with Crippen LogP contribution >= 0.6 is 0 Å². The summed E-state index contributed by atoms with van der Waals surface area (Å²) in [6.45, 7) is 21.1. The predicted octanol–water partition coefficient (Wildman–Crippen LogP) is 5.49. The molecule has 0 aromatic heterocycles. The lowest BCUT2D eigenvalue weighted by molar-refractivity contribution is 0.578. The Bertz CT molecular complexity index is 78.8. The van der Waals surface area contributed by atoms with Crippen LogP contribution in [0.15, 0.2) is 39.5 Å². The first-order valence-electron chi connectivity index (χ1n) is 6.62. The van der Waals surface area contributed by atoms with Crippen molar-refractivity contribution in [1.82, 2.24) is 0 Å². The molecule has 2 N–H and O–H groups in total. The topological polar surface area (TPSA) is 26.0 Å². The molecule has 0 aliphatic carbocycles. The van der Waals surface area contributed by atoms with E-state index in [2.05, 4.69) is 46.4 Å². The van der Waals surface area contributed by atoms with Crippen molar-refractivity contribution in [3.8, 4) is 0 Å². The van der Waals surface area contributed by atoms with Gasteiger partial charge in [-0.25, -0.2) is 0 Å². The third-order valence-electron chi connectivity index (χ3n) is 2.06. The smallest absolute Gasteiger partial charge is 0.00773 e. The number of hydrogen-bond donors (Lipinski definition) is 1. The lowest BCUT2D eigenvalue weighted by atomic mass is 10.1. The highest BCUT2D eigenvalue weighted by atomic mass is 14.5. The van der Waals surface area contributed by atoms with E-state index in [9.17, 15) is 0 Å². The summed E-state index contributed by atoms with van der Waals surface area (Å²) >= 11 is 0. The summed E-state index contributed by atoms with van der Waals surface area (Å²) in [4.78, 5) is 0. The molecule has 0 fully saturated rings. The average Bonchev–Trinajstić information content (AvgIpc) is 2.45. The van der Waals surface area contributed by atoms with Gasteiger partial charge in [-0.2, -0.15) is 0 Å². The average molecular weight is 241 g/mol. The highest BCUT2D eigenvalue weighted by Gasteiger charge is 1.89. The molecule has 0 aromatic rings. The van der Waals surface area contributed by atoms with Crippen LogP contribution in [0.4, 0.5) is 0 Å². The molecule has 0 amide bonds. The second kappa shape index (κ2) is 45.6. The van der Waals surface area contributed by atoms with Crippen molar-refractivity contribution >= 4 is 0 Å². The fourth-order valence-corrected chi connectivity index (χ4v) is 1.28. The molecule has 0 aliphatic rings. The van der Waals surface area contributed by atoms with Crippen molar-refractivity contribution in [3.63, 3.8) is 0 Å². The Morgan fingerprint density at radius 2 is 0.882 bits per heavy atom. The SMILES string of the molecule is C=C.C=C.C=C.CCCCCCCCCCN. The Hall–Kier alpha value is -0.820. The fourth-order valence-electron chi connectivity index (χ4n) is 1.28. The van der Waals surface area contributed by atoms with Crippen molar-refractivity contribution in [3.05, 3.63) is 39.5 Å². The Morgan fingerprint density at radius 1 is 0.588 bits per heavy atom. The molecule has 0 spiro atoms. The highest BCUT2D eigenvalue weighted by molar-refractivity contribution is 4.45. The Morgan fingerprint density at radius 3 is 1.18 bits per heavy atom. The lowest BCUT2D eigenvalue weighted by Gasteiger charge is -1.99. The van der Waals surface area contributed by atoms with Gasteiger partial charge in [0.1, 0.15) is 0 Å². The first-order chi connectivity index (χ1) is 8.41. The Kier molecular flexibility index (Phi) is 67.4. The zero-order valence-electron chi connectivity index (χ0n) is 12.2. The van der Waals surface area contributed by atoms with Gasteiger partial charge in [-0.3, -0.25) is 0 Å². The van der Waals surface area contributed by atoms with Crippen molar-refractivity contribution in [2.24, 2.45) is 5.73 Å². The quantitative estimate of drug-likeness (QED) is 0.441. The second-order valence-corrected chi connectivity index (χ2v) is 3.26. The van der Waals surface area contributed by atoms with Crippen LogP contribution in [0.25, 0.3) is 0 Å². The van der Waals surface area contributed by atoms with Crippen LogP contribution in [0.2, 0.25) is 0 Å². The van der Waals surface area contributed by atoms with E-state index in [0.29, 0.717) is 0 Å². The van der Waals surface area contributed by atoms with Gasteiger partial charge in [0.15, 0.2) is 0 Å². The van der Waals surface area contributed by atoms with Gasteiger partial charge in [-0.15, -0.1) is 39.5 Å². The first kappa shape index (κ1) is 25.1. The molecule has 1 nitrogen and oxygen atoms in total. The van der Waals surface area contributed by atoms with Gasteiger partial charge in [0.25, 0.3) is 0 Å². The van der Waals surface area contributed by atoms with E-state index in [-0.39, 0.29) is 0 Å². The predicted molar refractivity (Wildman–Crippen MR) is 85.4 cm³/mol. The van der Waals surface area contributed by atoms with Gasteiger partial charge < -0.3 is 5.73 Å². The molecule has 0 aromatic carbocycles. The van der Waals surface area contributed by atoms with E-state index in [4.69, 9.17) is 5.73 Å². The number of unbranched alkanes of at least 4 members (excludes halogenated alkanes) is 7. The van der Waals surface area contributed by atoms with Gasteiger partial charge in [-0.05, 0) is 13.0 Å².